The van der Waals surface area contributed by atoms with Crippen LogP contribution in [0.1, 0.15) is 56.0 Å². The highest BCUT2D eigenvalue weighted by Crippen LogP contribution is 2.34. The van der Waals surface area contributed by atoms with Crippen molar-refractivity contribution in [3.05, 3.63) is 53.6 Å². The zero-order valence-corrected chi connectivity index (χ0v) is 19.8. The Labute approximate surface area is 190 Å². The molecule has 0 spiro atoms. The molecule has 2 aromatic rings. The second-order valence-electron chi connectivity index (χ2n) is 8.62. The Morgan fingerprint density at radius 1 is 1.06 bits per heavy atom. The summed E-state index contributed by atoms with van der Waals surface area (Å²) < 4.78 is 0. The third kappa shape index (κ3) is 6.58. The highest BCUT2D eigenvalue weighted by atomic mass is 32.2. The molecular formula is C25H34N3O2S+. The Hall–Kier alpha value is -2.31. The number of nitrogens with one attached hydrogen (secondary N) is 3. The van der Waals surface area contributed by atoms with E-state index in [0.29, 0.717) is 29.9 Å². The first-order chi connectivity index (χ1) is 14.8. The molecule has 3 rings (SSSR count). The van der Waals surface area contributed by atoms with Gasteiger partial charge in [0.1, 0.15) is 0 Å². The average molecular weight is 441 g/mol. The Balaban J connectivity index is 1.66. The molecule has 0 aliphatic carbocycles. The van der Waals surface area contributed by atoms with E-state index in [2.05, 4.69) is 55.7 Å². The lowest BCUT2D eigenvalue weighted by atomic mass is 9.98. The minimum absolute atomic E-state index is 0.102. The number of anilines is 1. The molecule has 1 heterocycles. The molecule has 166 valence electrons. The van der Waals surface area contributed by atoms with Crippen molar-refractivity contribution in [1.29, 1.82) is 0 Å². The third-order valence-corrected chi connectivity index (χ3v) is 7.12. The number of carbonyl (C=O) groups excluding carboxylic acids is 2. The van der Waals surface area contributed by atoms with Gasteiger partial charge in [-0.15, -0.1) is 0 Å². The van der Waals surface area contributed by atoms with Gasteiger partial charge >= 0.3 is 0 Å². The van der Waals surface area contributed by atoms with Crippen LogP contribution in [-0.2, 0) is 4.79 Å². The summed E-state index contributed by atoms with van der Waals surface area (Å²) in [7, 11) is 0. The fourth-order valence-corrected chi connectivity index (χ4v) is 5.16. The maximum atomic E-state index is 12.8. The number of carbonyl (C=O) groups is 2. The summed E-state index contributed by atoms with van der Waals surface area (Å²) in [6.45, 7) is 9.73. The van der Waals surface area contributed by atoms with Crippen molar-refractivity contribution in [1.82, 2.24) is 5.32 Å². The molecule has 2 unspecified atom stereocenters. The molecule has 31 heavy (non-hydrogen) atoms. The number of likely N-dealkylation sites (tertiary alicyclic amines) is 1. The molecule has 0 saturated carbocycles. The van der Waals surface area contributed by atoms with Crippen LogP contribution in [0.4, 0.5) is 5.69 Å². The second-order valence-corrected chi connectivity index (χ2v) is 9.74. The van der Waals surface area contributed by atoms with E-state index in [0.717, 1.165) is 16.3 Å². The van der Waals surface area contributed by atoms with Gasteiger partial charge in [0, 0.05) is 22.3 Å². The molecule has 1 fully saturated rings. The number of amides is 2. The summed E-state index contributed by atoms with van der Waals surface area (Å²) in [4.78, 5) is 28.1. The van der Waals surface area contributed by atoms with Crippen LogP contribution >= 0.6 is 11.8 Å². The summed E-state index contributed by atoms with van der Waals surface area (Å²) in [5.74, 6) is -0.254. The number of benzene rings is 2. The van der Waals surface area contributed by atoms with E-state index in [-0.39, 0.29) is 11.8 Å². The SMILES string of the molecule is CC(=O)Nc1cc(C(=O)NCC[NH+]2C(C)CCCC2C)ccc1Sc1ccc(C)cc1. The van der Waals surface area contributed by atoms with Crippen LogP contribution < -0.4 is 15.5 Å². The van der Waals surface area contributed by atoms with Crippen molar-refractivity contribution in [2.24, 2.45) is 0 Å². The topological polar surface area (TPSA) is 62.6 Å². The molecule has 6 heteroatoms. The lowest BCUT2D eigenvalue weighted by Crippen LogP contribution is -3.19. The predicted octanol–water partition coefficient (Wildman–Crippen LogP) is 3.68. The van der Waals surface area contributed by atoms with E-state index in [1.165, 1.54) is 31.7 Å². The van der Waals surface area contributed by atoms with E-state index >= 15 is 0 Å². The number of piperidine rings is 1. The van der Waals surface area contributed by atoms with Crippen molar-refractivity contribution < 1.29 is 14.5 Å². The minimum atomic E-state index is -0.153. The van der Waals surface area contributed by atoms with Gasteiger partial charge < -0.3 is 15.5 Å². The van der Waals surface area contributed by atoms with Crippen molar-refractivity contribution in [2.75, 3.05) is 18.4 Å². The van der Waals surface area contributed by atoms with E-state index in [9.17, 15) is 9.59 Å². The van der Waals surface area contributed by atoms with Crippen LogP contribution in [-0.4, -0.2) is 37.0 Å². The highest BCUT2D eigenvalue weighted by Gasteiger charge is 2.27. The van der Waals surface area contributed by atoms with Gasteiger partial charge in [-0.3, -0.25) is 9.59 Å². The van der Waals surface area contributed by atoms with Gasteiger partial charge in [0.2, 0.25) is 5.91 Å². The molecule has 0 aromatic heterocycles. The lowest BCUT2D eigenvalue weighted by molar-refractivity contribution is -0.950. The maximum absolute atomic E-state index is 12.8. The third-order valence-electron chi connectivity index (χ3n) is 6.04. The molecule has 2 aromatic carbocycles. The normalized spacial score (nSPS) is 20.8. The largest absolute Gasteiger partial charge is 0.346 e. The van der Waals surface area contributed by atoms with E-state index in [1.54, 1.807) is 22.7 Å². The van der Waals surface area contributed by atoms with E-state index in [4.69, 9.17) is 0 Å². The Morgan fingerprint density at radius 2 is 1.74 bits per heavy atom. The summed E-state index contributed by atoms with van der Waals surface area (Å²) in [6, 6.07) is 15.0. The Morgan fingerprint density at radius 3 is 2.39 bits per heavy atom. The Bertz CT molecular complexity index is 903. The summed E-state index contributed by atoms with van der Waals surface area (Å²) in [6.07, 6.45) is 3.82. The van der Waals surface area contributed by atoms with Crippen LogP contribution in [0.3, 0.4) is 0 Å². The molecule has 1 aliphatic rings. The molecule has 1 aliphatic heterocycles. The van der Waals surface area contributed by atoms with Crippen LogP contribution in [0.15, 0.2) is 52.3 Å². The first-order valence-corrected chi connectivity index (χ1v) is 11.9. The van der Waals surface area contributed by atoms with Crippen molar-refractivity contribution in [3.8, 4) is 0 Å². The van der Waals surface area contributed by atoms with E-state index in [1.807, 2.05) is 12.1 Å². The second kappa shape index (κ2) is 10.8. The van der Waals surface area contributed by atoms with Crippen LogP contribution in [0.2, 0.25) is 0 Å². The summed E-state index contributed by atoms with van der Waals surface area (Å²) >= 11 is 1.57. The number of rotatable bonds is 7. The zero-order chi connectivity index (χ0) is 22.4. The molecule has 2 atom stereocenters. The number of quaternary nitrogens is 1. The highest BCUT2D eigenvalue weighted by molar-refractivity contribution is 7.99. The number of hydrogen-bond donors (Lipinski definition) is 3. The fraction of sp³-hybridized carbons (Fsp3) is 0.440. The average Bonchev–Trinajstić information content (AvgIpc) is 2.72. The fourth-order valence-electron chi connectivity index (χ4n) is 4.28. The first-order valence-electron chi connectivity index (χ1n) is 11.1. The molecule has 0 bridgehead atoms. The monoisotopic (exact) mass is 440 g/mol. The molecule has 1 saturated heterocycles. The lowest BCUT2D eigenvalue weighted by Gasteiger charge is -2.35. The first kappa shape index (κ1) is 23.4. The number of hydrogen-bond acceptors (Lipinski definition) is 3. The predicted molar refractivity (Wildman–Crippen MR) is 127 cm³/mol. The molecule has 5 nitrogen and oxygen atoms in total. The van der Waals surface area contributed by atoms with Gasteiger partial charge in [-0.05, 0) is 70.4 Å². The van der Waals surface area contributed by atoms with Gasteiger partial charge in [-0.2, -0.15) is 0 Å². The van der Waals surface area contributed by atoms with Gasteiger partial charge in [-0.1, -0.05) is 29.5 Å². The van der Waals surface area contributed by atoms with Crippen molar-refractivity contribution in [3.63, 3.8) is 0 Å². The van der Waals surface area contributed by atoms with Crippen molar-refractivity contribution >= 4 is 29.3 Å². The smallest absolute Gasteiger partial charge is 0.251 e. The molecular weight excluding hydrogens is 406 g/mol. The van der Waals surface area contributed by atoms with Crippen LogP contribution in [0.25, 0.3) is 0 Å². The molecule has 2 amide bonds. The molecule has 3 N–H and O–H groups in total. The Kier molecular flexibility index (Phi) is 8.15. The van der Waals surface area contributed by atoms with Crippen LogP contribution in [0, 0.1) is 6.92 Å². The van der Waals surface area contributed by atoms with Gasteiger partial charge in [-0.25, -0.2) is 0 Å². The summed E-state index contributed by atoms with van der Waals surface area (Å²) in [5, 5.41) is 5.94. The molecule has 0 radical (unpaired) electrons. The van der Waals surface area contributed by atoms with Gasteiger partial charge in [0.15, 0.2) is 0 Å². The van der Waals surface area contributed by atoms with Crippen LogP contribution in [0.5, 0.6) is 0 Å². The quantitative estimate of drug-likeness (QED) is 0.615. The van der Waals surface area contributed by atoms with Crippen molar-refractivity contribution in [2.45, 2.75) is 68.8 Å². The van der Waals surface area contributed by atoms with Gasteiger partial charge in [0.05, 0.1) is 30.9 Å². The zero-order valence-electron chi connectivity index (χ0n) is 19.0. The maximum Gasteiger partial charge on any atom is 0.251 e. The summed E-state index contributed by atoms with van der Waals surface area (Å²) in [5.41, 5.74) is 2.43. The standard InChI is InChI=1S/C25H33N3O2S/c1-17-8-11-22(12-9-17)31-24-13-10-21(16-23(24)27-20(4)29)25(30)26-14-15-28-18(2)6-5-7-19(28)3/h8-13,16,18-19H,5-7,14-15H2,1-4H3,(H,26,30)(H,27,29)/p+1. The minimum Gasteiger partial charge on any atom is -0.346 e. The number of aryl methyl sites for hydroxylation is 1. The van der Waals surface area contributed by atoms with Gasteiger partial charge in [0.25, 0.3) is 5.91 Å². The van der Waals surface area contributed by atoms with E-state index < -0.39 is 0 Å².